The van der Waals surface area contributed by atoms with Gasteiger partial charge in [-0.05, 0) is 96.9 Å². The molecule has 0 unspecified atom stereocenters. The van der Waals surface area contributed by atoms with Crippen molar-refractivity contribution in [1.29, 1.82) is 0 Å². The summed E-state index contributed by atoms with van der Waals surface area (Å²) in [5.74, 6) is -1.97. The van der Waals surface area contributed by atoms with Crippen molar-refractivity contribution < 1.29 is 43.0 Å². The first kappa shape index (κ1) is 46.2. The standard InChI is InChI=1S/C47H61N7O9/c1-28(2)38(50-44(59)62-6)40(55)52-26-8-24-46(52,42(48)57)32-14-10-30(11-15-32)36-22-23-37(54(36)34-18-20-35(61-5)21-19-34)31-12-16-33(17-13-31)47(43(49)58)25-9-27-53(47)41(56)39(29(3)4)51-45(60)63-7/h10-21,28-29,36-39H,8-9,22-27H2,1-7H3,(H2,48,57)(H2,49,58)(H,50,59)(H,51,60)/t36-,37-,38+,39+,46+,47+/m1/s1. The highest BCUT2D eigenvalue weighted by atomic mass is 16.5. The molecule has 3 aromatic rings. The molecule has 63 heavy (non-hydrogen) atoms. The summed E-state index contributed by atoms with van der Waals surface area (Å²) in [7, 11) is 4.08. The van der Waals surface area contributed by atoms with E-state index in [1.807, 2.05) is 100 Å². The number of alkyl carbamates (subject to hydrolysis) is 2. The normalized spacial score (nSPS) is 23.0. The molecule has 6 rings (SSSR count). The van der Waals surface area contributed by atoms with Crippen LogP contribution in [0.1, 0.15) is 101 Å². The Morgan fingerprint density at radius 3 is 1.30 bits per heavy atom. The van der Waals surface area contributed by atoms with Gasteiger partial charge >= 0.3 is 12.2 Å². The van der Waals surface area contributed by atoms with Crippen molar-refractivity contribution in [3.05, 3.63) is 95.1 Å². The number of benzene rings is 3. The van der Waals surface area contributed by atoms with Crippen molar-refractivity contribution in [3.63, 3.8) is 0 Å². The van der Waals surface area contributed by atoms with Crippen LogP contribution in [0, 0.1) is 11.8 Å². The summed E-state index contributed by atoms with van der Waals surface area (Å²) >= 11 is 0. The van der Waals surface area contributed by atoms with Gasteiger partial charge in [0.1, 0.15) is 28.9 Å². The van der Waals surface area contributed by atoms with Gasteiger partial charge in [0.25, 0.3) is 0 Å². The molecule has 3 fully saturated rings. The highest BCUT2D eigenvalue weighted by Gasteiger charge is 2.53. The number of nitrogens with two attached hydrogens (primary N) is 2. The lowest BCUT2D eigenvalue weighted by atomic mass is 9.84. The number of carbonyl (C=O) groups excluding carboxylic acids is 6. The second-order valence-corrected chi connectivity index (χ2v) is 17.3. The molecule has 3 aliphatic heterocycles. The minimum absolute atomic E-state index is 0.104. The van der Waals surface area contributed by atoms with E-state index < -0.39 is 59.0 Å². The van der Waals surface area contributed by atoms with Crippen molar-refractivity contribution >= 4 is 41.5 Å². The molecule has 0 radical (unpaired) electrons. The van der Waals surface area contributed by atoms with Gasteiger partial charge < -0.3 is 51.0 Å². The molecule has 6 N–H and O–H groups in total. The minimum atomic E-state index is -1.41. The number of hydrogen-bond donors (Lipinski definition) is 4. The lowest BCUT2D eigenvalue weighted by Gasteiger charge is -2.39. The van der Waals surface area contributed by atoms with E-state index in [1.54, 1.807) is 7.11 Å². The van der Waals surface area contributed by atoms with E-state index in [-0.39, 0.29) is 23.9 Å². The van der Waals surface area contributed by atoms with Crippen LogP contribution < -0.4 is 31.7 Å². The zero-order chi connectivity index (χ0) is 45.8. The summed E-state index contributed by atoms with van der Waals surface area (Å²) in [6.07, 6.45) is 1.84. The fraction of sp³-hybridized carbons (Fsp3) is 0.489. The number of primary amides is 2. The maximum Gasteiger partial charge on any atom is 0.407 e. The number of carbonyl (C=O) groups is 6. The van der Waals surface area contributed by atoms with E-state index in [4.69, 9.17) is 25.7 Å². The molecular formula is C47H61N7O9. The van der Waals surface area contributed by atoms with Gasteiger partial charge in [-0.1, -0.05) is 76.2 Å². The molecular weight excluding hydrogens is 807 g/mol. The largest absolute Gasteiger partial charge is 0.497 e. The minimum Gasteiger partial charge on any atom is -0.497 e. The molecule has 6 amide bonds. The number of rotatable bonds is 14. The Morgan fingerprint density at radius 2 is 0.984 bits per heavy atom. The van der Waals surface area contributed by atoms with Gasteiger partial charge in [-0.2, -0.15) is 0 Å². The molecule has 0 bridgehead atoms. The number of hydrogen-bond acceptors (Lipinski definition) is 10. The molecule has 3 aliphatic rings. The highest BCUT2D eigenvalue weighted by Crippen LogP contribution is 2.49. The van der Waals surface area contributed by atoms with E-state index in [9.17, 15) is 28.8 Å². The molecule has 3 saturated heterocycles. The predicted octanol–water partition coefficient (Wildman–Crippen LogP) is 5.15. The zero-order valence-corrected chi connectivity index (χ0v) is 37.2. The highest BCUT2D eigenvalue weighted by molar-refractivity contribution is 5.96. The fourth-order valence-electron chi connectivity index (χ4n) is 9.91. The third-order valence-electron chi connectivity index (χ3n) is 13.2. The van der Waals surface area contributed by atoms with Gasteiger partial charge in [-0.25, -0.2) is 9.59 Å². The zero-order valence-electron chi connectivity index (χ0n) is 37.2. The van der Waals surface area contributed by atoms with Crippen molar-refractivity contribution in [2.45, 2.75) is 101 Å². The molecule has 0 saturated carbocycles. The summed E-state index contributed by atoms with van der Waals surface area (Å²) < 4.78 is 15.1. The lowest BCUT2D eigenvalue weighted by molar-refractivity contribution is -0.146. The summed E-state index contributed by atoms with van der Waals surface area (Å²) in [5.41, 5.74) is 13.7. The molecule has 0 aromatic heterocycles. The lowest BCUT2D eigenvalue weighted by Crippen LogP contribution is -2.59. The Bertz CT molecular complexity index is 2030. The van der Waals surface area contributed by atoms with Crippen LogP contribution in [0.5, 0.6) is 5.75 Å². The summed E-state index contributed by atoms with van der Waals surface area (Å²) in [6.45, 7) is 7.84. The maximum atomic E-state index is 14.1. The van der Waals surface area contributed by atoms with Gasteiger partial charge in [-0.3, -0.25) is 19.2 Å². The first-order valence-corrected chi connectivity index (χ1v) is 21.6. The smallest absolute Gasteiger partial charge is 0.407 e. The second kappa shape index (κ2) is 19.0. The third kappa shape index (κ3) is 8.59. The van der Waals surface area contributed by atoms with E-state index >= 15 is 0 Å². The van der Waals surface area contributed by atoms with Gasteiger partial charge in [-0.15, -0.1) is 0 Å². The number of anilines is 1. The van der Waals surface area contributed by atoms with E-state index in [2.05, 4.69) is 15.5 Å². The Labute approximate surface area is 368 Å². The Kier molecular flexibility index (Phi) is 13.9. The van der Waals surface area contributed by atoms with Crippen LogP contribution >= 0.6 is 0 Å². The van der Waals surface area contributed by atoms with Crippen LogP contribution in [-0.4, -0.2) is 92.1 Å². The third-order valence-corrected chi connectivity index (χ3v) is 13.2. The molecule has 3 heterocycles. The average molecular weight is 868 g/mol. The van der Waals surface area contributed by atoms with E-state index in [1.165, 1.54) is 24.0 Å². The van der Waals surface area contributed by atoms with Crippen LogP contribution in [-0.2, 0) is 39.7 Å². The second-order valence-electron chi connectivity index (χ2n) is 17.3. The molecule has 16 heteroatoms. The quantitative estimate of drug-likeness (QED) is 0.167. The Morgan fingerprint density at radius 1 is 0.603 bits per heavy atom. The van der Waals surface area contributed by atoms with Crippen LogP contribution in [0.25, 0.3) is 0 Å². The topological polar surface area (TPSA) is 216 Å². The van der Waals surface area contributed by atoms with E-state index in [0.29, 0.717) is 55.6 Å². The molecule has 338 valence electrons. The van der Waals surface area contributed by atoms with Gasteiger partial charge in [0.2, 0.25) is 23.6 Å². The van der Waals surface area contributed by atoms with Crippen molar-refractivity contribution in [2.75, 3.05) is 39.3 Å². The number of ether oxygens (including phenoxy) is 3. The van der Waals surface area contributed by atoms with Crippen molar-refractivity contribution in [3.8, 4) is 5.75 Å². The number of nitrogens with zero attached hydrogens (tertiary/aromatic N) is 3. The monoisotopic (exact) mass is 867 g/mol. The van der Waals surface area contributed by atoms with Crippen molar-refractivity contribution in [1.82, 2.24) is 20.4 Å². The van der Waals surface area contributed by atoms with Gasteiger partial charge in [0, 0.05) is 18.8 Å². The first-order chi connectivity index (χ1) is 30.0. The van der Waals surface area contributed by atoms with Gasteiger partial charge in [0.05, 0.1) is 33.4 Å². The SMILES string of the molecule is COC(=O)N[C@H](C(=O)N1CCC[C@@]1(C(N)=O)c1ccc([C@H]2CC[C@H](c3ccc([C@]4(C(N)=O)CCCN4C(=O)[C@@H](NC(=O)OC)C(C)C)cc3)N2c2ccc(OC)cc2)cc1)C(C)C. The van der Waals surface area contributed by atoms with Crippen LogP contribution in [0.4, 0.5) is 15.3 Å². The van der Waals surface area contributed by atoms with Crippen molar-refractivity contribution in [2.24, 2.45) is 23.3 Å². The summed E-state index contributed by atoms with van der Waals surface area (Å²) in [4.78, 5) is 85.0. The molecule has 0 spiro atoms. The first-order valence-electron chi connectivity index (χ1n) is 21.6. The molecule has 6 atom stereocenters. The van der Waals surface area contributed by atoms with Crippen LogP contribution in [0.3, 0.4) is 0 Å². The predicted molar refractivity (Wildman–Crippen MR) is 235 cm³/mol. The Hall–Kier alpha value is -6.32. The van der Waals surface area contributed by atoms with Crippen LogP contribution in [0.2, 0.25) is 0 Å². The summed E-state index contributed by atoms with van der Waals surface area (Å²) in [6, 6.07) is 21.3. The van der Waals surface area contributed by atoms with Gasteiger partial charge in [0.15, 0.2) is 0 Å². The maximum absolute atomic E-state index is 14.1. The average Bonchev–Trinajstić information content (AvgIpc) is 4.05. The molecule has 0 aliphatic carbocycles. The number of amides is 6. The summed E-state index contributed by atoms with van der Waals surface area (Å²) in [5, 5.41) is 5.27. The number of likely N-dealkylation sites (tertiary alicyclic amines) is 2. The van der Waals surface area contributed by atoms with E-state index in [0.717, 1.165) is 29.7 Å². The Balaban J connectivity index is 1.33. The molecule has 16 nitrogen and oxygen atoms in total. The van der Waals surface area contributed by atoms with Crippen LogP contribution in [0.15, 0.2) is 72.8 Å². The fourth-order valence-corrected chi connectivity index (χ4v) is 9.91. The molecule has 3 aromatic carbocycles. The number of nitrogens with one attached hydrogen (secondary N) is 2. The number of methoxy groups -OCH3 is 3.